The molecule has 222 valence electrons. The van der Waals surface area contributed by atoms with Crippen molar-refractivity contribution >= 4 is 11.5 Å². The summed E-state index contributed by atoms with van der Waals surface area (Å²) in [7, 11) is 0. The van der Waals surface area contributed by atoms with Crippen molar-refractivity contribution in [2.24, 2.45) is 0 Å². The molecule has 1 aromatic carbocycles. The van der Waals surface area contributed by atoms with Gasteiger partial charge in [-0.1, -0.05) is 48.6 Å². The fourth-order valence-corrected chi connectivity index (χ4v) is 5.58. The minimum atomic E-state index is -4.95. The molecule has 43 heavy (non-hydrogen) atoms. The van der Waals surface area contributed by atoms with Crippen molar-refractivity contribution < 1.29 is 27.2 Å². The Morgan fingerprint density at radius 2 is 1.93 bits per heavy atom. The lowest BCUT2D eigenvalue weighted by molar-refractivity contribution is -0.384. The zero-order valence-electron chi connectivity index (χ0n) is 22.9. The second-order valence-electron chi connectivity index (χ2n) is 10.4. The molecule has 0 saturated carbocycles. The molecule has 2 atom stereocenters. The average molecular weight is 593 g/mol. The molecule has 0 aliphatic carbocycles. The van der Waals surface area contributed by atoms with Crippen LogP contribution in [0.25, 0.3) is 22.8 Å². The van der Waals surface area contributed by atoms with Crippen LogP contribution in [-0.4, -0.2) is 43.9 Å². The van der Waals surface area contributed by atoms with Gasteiger partial charge >= 0.3 is 11.9 Å². The van der Waals surface area contributed by atoms with E-state index in [0.717, 1.165) is 12.8 Å². The zero-order chi connectivity index (χ0) is 30.0. The van der Waals surface area contributed by atoms with Crippen LogP contribution in [0.15, 0.2) is 77.4 Å². The Kier molecular flexibility index (Phi) is 7.65. The molecule has 2 aliphatic heterocycles. The Morgan fingerprint density at radius 3 is 2.67 bits per heavy atom. The second-order valence-corrected chi connectivity index (χ2v) is 10.4. The normalized spacial score (nSPS) is 20.4. The minimum absolute atomic E-state index is 0.0155. The molecule has 0 spiro atoms. The lowest BCUT2D eigenvalue weighted by Gasteiger charge is -2.32. The highest BCUT2D eigenvalue weighted by molar-refractivity contribution is 5.81. The Morgan fingerprint density at radius 1 is 1.12 bits per heavy atom. The molecular formula is C30H27F3N6O4. The van der Waals surface area contributed by atoms with E-state index < -0.39 is 40.6 Å². The summed E-state index contributed by atoms with van der Waals surface area (Å²) >= 11 is 0. The van der Waals surface area contributed by atoms with Gasteiger partial charge in [0, 0.05) is 30.4 Å². The lowest BCUT2D eigenvalue weighted by atomic mass is 9.95. The summed E-state index contributed by atoms with van der Waals surface area (Å²) in [5.74, 6) is -0.938. The first-order valence-electron chi connectivity index (χ1n) is 13.9. The first kappa shape index (κ1) is 28.5. The maximum Gasteiger partial charge on any atom is 0.426 e. The molecule has 4 aromatic rings. The summed E-state index contributed by atoms with van der Waals surface area (Å²) in [6.45, 7) is 0.266. The van der Waals surface area contributed by atoms with Crippen LogP contribution in [0.4, 0.5) is 24.7 Å². The van der Waals surface area contributed by atoms with Crippen LogP contribution in [0, 0.1) is 10.1 Å². The molecule has 6 rings (SSSR count). The maximum absolute atomic E-state index is 15.0. The van der Waals surface area contributed by atoms with Crippen LogP contribution in [0.2, 0.25) is 0 Å². The molecule has 5 heterocycles. The minimum Gasteiger partial charge on any atom is -0.415 e. The van der Waals surface area contributed by atoms with Crippen molar-refractivity contribution in [2.45, 2.75) is 56.5 Å². The fourth-order valence-electron chi connectivity index (χ4n) is 5.58. The van der Waals surface area contributed by atoms with Gasteiger partial charge in [0.2, 0.25) is 11.3 Å². The molecule has 1 saturated heterocycles. The topological polar surface area (TPSA) is 120 Å². The number of anilines is 1. The number of nitro groups is 1. The largest absolute Gasteiger partial charge is 0.426 e. The van der Waals surface area contributed by atoms with Crippen molar-refractivity contribution in [1.29, 1.82) is 0 Å². The van der Waals surface area contributed by atoms with Crippen LogP contribution >= 0.6 is 0 Å². The summed E-state index contributed by atoms with van der Waals surface area (Å²) in [5.41, 5.74) is -2.36. The van der Waals surface area contributed by atoms with Crippen LogP contribution in [0.1, 0.15) is 43.6 Å². The summed E-state index contributed by atoms with van der Waals surface area (Å²) in [4.78, 5) is 22.7. The van der Waals surface area contributed by atoms with Gasteiger partial charge in [0.15, 0.2) is 0 Å². The fraction of sp³-hybridized carbons (Fsp3) is 0.333. The summed E-state index contributed by atoms with van der Waals surface area (Å²) < 4.78 is 56.2. The quantitative estimate of drug-likeness (QED) is 0.140. The number of ether oxygens (including phenoxy) is 1. The predicted octanol–water partition coefficient (Wildman–Crippen LogP) is 6.79. The van der Waals surface area contributed by atoms with Gasteiger partial charge < -0.3 is 14.1 Å². The van der Waals surface area contributed by atoms with Crippen molar-refractivity contribution in [3.63, 3.8) is 0 Å². The van der Waals surface area contributed by atoms with Crippen molar-refractivity contribution in [3.8, 4) is 22.8 Å². The zero-order valence-corrected chi connectivity index (χ0v) is 22.9. The van der Waals surface area contributed by atoms with Gasteiger partial charge in [-0.25, -0.2) is 4.98 Å². The molecule has 0 N–H and O–H groups in total. The van der Waals surface area contributed by atoms with E-state index in [1.54, 1.807) is 60.8 Å². The molecule has 1 unspecified atom stereocenters. The van der Waals surface area contributed by atoms with E-state index >= 15 is 0 Å². The predicted molar refractivity (Wildman–Crippen MR) is 150 cm³/mol. The van der Waals surface area contributed by atoms with Gasteiger partial charge in [-0.3, -0.25) is 15.1 Å². The molecule has 4 bridgehead atoms. The number of aromatic nitrogens is 4. The van der Waals surface area contributed by atoms with E-state index in [1.165, 1.54) is 6.07 Å². The van der Waals surface area contributed by atoms with Gasteiger partial charge in [-0.2, -0.15) is 13.2 Å². The van der Waals surface area contributed by atoms with Gasteiger partial charge in [0.25, 0.3) is 11.8 Å². The molecule has 13 heteroatoms. The van der Waals surface area contributed by atoms with Crippen molar-refractivity contribution in [3.05, 3.63) is 94.5 Å². The summed E-state index contributed by atoms with van der Waals surface area (Å²) in [6, 6.07) is 15.0. The highest BCUT2D eigenvalue weighted by Gasteiger charge is 2.61. The highest BCUT2D eigenvalue weighted by atomic mass is 19.4. The number of alkyl halides is 3. The molecule has 3 aromatic heterocycles. The monoisotopic (exact) mass is 592 g/mol. The van der Waals surface area contributed by atoms with Crippen molar-refractivity contribution in [2.75, 3.05) is 11.4 Å². The van der Waals surface area contributed by atoms with Crippen LogP contribution in [-0.2, 0) is 16.9 Å². The number of hydrogen-bond acceptors (Lipinski definition) is 9. The number of rotatable bonds is 5. The molecular weight excluding hydrogens is 565 g/mol. The number of allylic oxidation sites excluding steroid dienone is 1. The maximum atomic E-state index is 15.0. The Hall–Kier alpha value is -4.65. The number of pyridine rings is 2. The Balaban J connectivity index is 1.54. The summed E-state index contributed by atoms with van der Waals surface area (Å²) in [6.07, 6.45) is 1.90. The van der Waals surface area contributed by atoms with Crippen molar-refractivity contribution in [1.82, 2.24) is 20.2 Å². The van der Waals surface area contributed by atoms with E-state index in [1.807, 2.05) is 6.08 Å². The smallest absolute Gasteiger partial charge is 0.415 e. The molecule has 0 amide bonds. The lowest BCUT2D eigenvalue weighted by Crippen LogP contribution is -2.45. The third-order valence-electron chi connectivity index (χ3n) is 7.77. The number of nitrogens with zero attached hydrogens (tertiary/aromatic N) is 6. The molecule has 0 radical (unpaired) electrons. The molecule has 10 nitrogen and oxygen atoms in total. The Labute approximate surface area is 244 Å². The van der Waals surface area contributed by atoms with Gasteiger partial charge in [-0.05, 0) is 49.8 Å². The third-order valence-corrected chi connectivity index (χ3v) is 7.77. The SMILES string of the molecule is O=[N+]([O-])c1cc(-c2ccccn2)c2nc1-c1nnc(o1)C(OCc1ccccc1)(C(F)(F)F)CCC=CC[C@@H]1CCCN21. The molecule has 1 fully saturated rings. The van der Waals surface area contributed by atoms with Gasteiger partial charge in [-0.15, -0.1) is 10.2 Å². The Bertz CT molecular complexity index is 1630. The number of fused-ring (bicyclic) bond motifs is 7. The van der Waals surface area contributed by atoms with Gasteiger partial charge in [0.1, 0.15) is 5.82 Å². The van der Waals surface area contributed by atoms with E-state index in [-0.39, 0.29) is 24.8 Å². The van der Waals surface area contributed by atoms with E-state index in [4.69, 9.17) is 9.15 Å². The number of halogens is 3. The first-order valence-corrected chi connectivity index (χ1v) is 13.9. The van der Waals surface area contributed by atoms with E-state index in [2.05, 4.69) is 25.1 Å². The third kappa shape index (κ3) is 5.47. The highest BCUT2D eigenvalue weighted by Crippen LogP contribution is 2.47. The summed E-state index contributed by atoms with van der Waals surface area (Å²) in [5, 5.41) is 19.9. The first-order chi connectivity index (χ1) is 20.8. The number of hydrogen-bond donors (Lipinski definition) is 0. The van der Waals surface area contributed by atoms with Crippen LogP contribution in [0.3, 0.4) is 0 Å². The van der Waals surface area contributed by atoms with Crippen LogP contribution < -0.4 is 4.90 Å². The number of benzene rings is 1. The van der Waals surface area contributed by atoms with E-state index in [0.29, 0.717) is 35.6 Å². The standard InChI is InChI=1S/C30H27F3N6O4/c31-30(32,33)29(42-19-20-10-3-1-4-11-20)15-7-2-5-12-21-13-9-17-38(21)26-22(23-14-6-8-16-34-23)18-24(39(40)41)25(35-26)27-36-37-28(29)43-27/h1-6,8,10-11,14,16,18,21H,7,9,12-13,15,17,19H2/t21-,29?/m1/s1. The average Bonchev–Trinajstić information content (AvgIpc) is 3.68. The van der Waals surface area contributed by atoms with Gasteiger partial charge in [0.05, 0.1) is 17.2 Å². The van der Waals surface area contributed by atoms with Crippen LogP contribution in [0.5, 0.6) is 0 Å². The second kappa shape index (κ2) is 11.6. The molecule has 2 aliphatic rings. The van der Waals surface area contributed by atoms with E-state index in [9.17, 15) is 23.3 Å².